The minimum atomic E-state index is -1.08. The maximum absolute atomic E-state index is 9.95. The molecule has 6 nitrogen and oxygen atoms in total. The SMILES string of the molecule is C=CC(=O)NC.O=C(O)CCC(=O)O. The highest BCUT2D eigenvalue weighted by molar-refractivity contribution is 5.86. The zero-order valence-corrected chi connectivity index (χ0v) is 7.82. The Hall–Kier alpha value is -1.85. The fourth-order valence-corrected chi connectivity index (χ4v) is 0.316. The minimum Gasteiger partial charge on any atom is -0.481 e. The van der Waals surface area contributed by atoms with Gasteiger partial charge in [0.1, 0.15) is 0 Å². The van der Waals surface area contributed by atoms with E-state index in [-0.39, 0.29) is 18.7 Å². The summed E-state index contributed by atoms with van der Waals surface area (Å²) in [5.41, 5.74) is 0. The van der Waals surface area contributed by atoms with E-state index in [0.29, 0.717) is 0 Å². The molecule has 0 saturated carbocycles. The Labute approximate surface area is 81.2 Å². The molecule has 0 aliphatic heterocycles. The topological polar surface area (TPSA) is 104 Å². The van der Waals surface area contributed by atoms with Crippen molar-refractivity contribution in [3.63, 3.8) is 0 Å². The van der Waals surface area contributed by atoms with Gasteiger partial charge in [-0.2, -0.15) is 0 Å². The van der Waals surface area contributed by atoms with Crippen LogP contribution in [0.15, 0.2) is 12.7 Å². The number of rotatable bonds is 4. The van der Waals surface area contributed by atoms with E-state index in [0.717, 1.165) is 0 Å². The monoisotopic (exact) mass is 203 g/mol. The van der Waals surface area contributed by atoms with E-state index < -0.39 is 11.9 Å². The molecule has 0 fully saturated rings. The molecule has 3 N–H and O–H groups in total. The molecule has 6 heteroatoms. The maximum Gasteiger partial charge on any atom is 0.303 e. The first-order chi connectivity index (χ1) is 6.43. The first-order valence-electron chi connectivity index (χ1n) is 3.71. The molecule has 14 heavy (non-hydrogen) atoms. The van der Waals surface area contributed by atoms with Gasteiger partial charge in [0.15, 0.2) is 0 Å². The van der Waals surface area contributed by atoms with Crippen LogP contribution in [0.3, 0.4) is 0 Å². The Balaban J connectivity index is 0. The van der Waals surface area contributed by atoms with Crippen molar-refractivity contribution in [2.24, 2.45) is 0 Å². The second-order valence-electron chi connectivity index (χ2n) is 2.11. The van der Waals surface area contributed by atoms with Crippen LogP contribution in [0, 0.1) is 0 Å². The molecule has 0 aromatic carbocycles. The average molecular weight is 203 g/mol. The van der Waals surface area contributed by atoms with Gasteiger partial charge in [-0.05, 0) is 6.08 Å². The number of aliphatic carboxylic acids is 2. The molecule has 0 heterocycles. The predicted molar refractivity (Wildman–Crippen MR) is 48.8 cm³/mol. The summed E-state index contributed by atoms with van der Waals surface area (Å²) in [4.78, 5) is 29.2. The molecule has 1 amide bonds. The molecular formula is C8H13NO5. The van der Waals surface area contributed by atoms with Gasteiger partial charge in [-0.25, -0.2) is 0 Å². The number of likely N-dealkylation sites (N-methyl/N-ethyl adjacent to an activating group) is 1. The second kappa shape index (κ2) is 9.24. The number of carbonyl (C=O) groups is 3. The van der Waals surface area contributed by atoms with Crippen LogP contribution in [-0.2, 0) is 14.4 Å². The van der Waals surface area contributed by atoms with Crippen LogP contribution in [-0.4, -0.2) is 35.1 Å². The van der Waals surface area contributed by atoms with E-state index in [9.17, 15) is 14.4 Å². The van der Waals surface area contributed by atoms with Crippen molar-refractivity contribution in [1.29, 1.82) is 0 Å². The van der Waals surface area contributed by atoms with Crippen LogP contribution in [0.4, 0.5) is 0 Å². The summed E-state index contributed by atoms with van der Waals surface area (Å²) in [6, 6.07) is 0. The van der Waals surface area contributed by atoms with E-state index in [2.05, 4.69) is 11.9 Å². The largest absolute Gasteiger partial charge is 0.481 e. The zero-order chi connectivity index (χ0) is 11.6. The Kier molecular flexibility index (Phi) is 9.68. The van der Waals surface area contributed by atoms with E-state index >= 15 is 0 Å². The molecule has 0 aromatic heterocycles. The molecule has 0 bridgehead atoms. The Morgan fingerprint density at radius 1 is 1.21 bits per heavy atom. The number of carbonyl (C=O) groups excluding carboxylic acids is 1. The lowest BCUT2D eigenvalue weighted by Gasteiger charge is -1.85. The van der Waals surface area contributed by atoms with Crippen LogP contribution in [0.2, 0.25) is 0 Å². The molecule has 0 aromatic rings. The van der Waals surface area contributed by atoms with Crippen LogP contribution >= 0.6 is 0 Å². The van der Waals surface area contributed by atoms with Gasteiger partial charge in [0, 0.05) is 7.05 Å². The van der Waals surface area contributed by atoms with Crippen LogP contribution in [0.5, 0.6) is 0 Å². The van der Waals surface area contributed by atoms with Crippen LogP contribution in [0.1, 0.15) is 12.8 Å². The van der Waals surface area contributed by atoms with Gasteiger partial charge in [0.05, 0.1) is 12.8 Å². The normalized spacial score (nSPS) is 7.79. The standard InChI is InChI=1S/C4H7NO.C4H6O4/c1-3-4(6)5-2;5-3(6)1-2-4(7)8/h3H,1H2,2H3,(H,5,6);1-2H2,(H,5,6)(H,7,8). The van der Waals surface area contributed by atoms with Crippen molar-refractivity contribution in [2.45, 2.75) is 12.8 Å². The third kappa shape index (κ3) is 16.6. The fourth-order valence-electron chi connectivity index (χ4n) is 0.316. The fraction of sp³-hybridized carbons (Fsp3) is 0.375. The highest BCUT2D eigenvalue weighted by Gasteiger charge is 2.00. The first kappa shape index (κ1) is 14.7. The zero-order valence-electron chi connectivity index (χ0n) is 7.82. The van der Waals surface area contributed by atoms with Gasteiger partial charge in [-0.1, -0.05) is 6.58 Å². The maximum atomic E-state index is 9.95. The molecule has 80 valence electrons. The summed E-state index contributed by atoms with van der Waals surface area (Å²) < 4.78 is 0. The molecule has 0 aliphatic carbocycles. The van der Waals surface area contributed by atoms with Crippen molar-refractivity contribution in [2.75, 3.05) is 7.05 Å². The number of hydrogen-bond donors (Lipinski definition) is 3. The van der Waals surface area contributed by atoms with Crippen molar-refractivity contribution in [3.05, 3.63) is 12.7 Å². The van der Waals surface area contributed by atoms with E-state index in [1.54, 1.807) is 7.05 Å². The molecule has 0 spiro atoms. The van der Waals surface area contributed by atoms with Gasteiger partial charge < -0.3 is 15.5 Å². The van der Waals surface area contributed by atoms with Gasteiger partial charge >= 0.3 is 11.9 Å². The number of carboxylic acids is 2. The van der Waals surface area contributed by atoms with Gasteiger partial charge in [-0.15, -0.1) is 0 Å². The molecule has 0 atom stereocenters. The number of amides is 1. The van der Waals surface area contributed by atoms with E-state index in [1.807, 2.05) is 0 Å². The number of nitrogens with one attached hydrogen (secondary N) is 1. The lowest BCUT2D eigenvalue weighted by molar-refractivity contribution is -0.143. The molecular weight excluding hydrogens is 190 g/mol. The van der Waals surface area contributed by atoms with Crippen molar-refractivity contribution in [3.8, 4) is 0 Å². The average Bonchev–Trinajstić information content (AvgIpc) is 2.14. The minimum absolute atomic E-state index is 0.144. The van der Waals surface area contributed by atoms with Crippen molar-refractivity contribution < 1.29 is 24.6 Å². The lowest BCUT2D eigenvalue weighted by atomic mass is 10.3. The summed E-state index contributed by atoms with van der Waals surface area (Å²) in [7, 11) is 1.56. The summed E-state index contributed by atoms with van der Waals surface area (Å²) >= 11 is 0. The summed E-state index contributed by atoms with van der Waals surface area (Å²) in [6.07, 6.45) is 0.630. The Morgan fingerprint density at radius 2 is 1.57 bits per heavy atom. The van der Waals surface area contributed by atoms with Gasteiger partial charge in [0.2, 0.25) is 5.91 Å². The Bertz CT molecular complexity index is 210. The smallest absolute Gasteiger partial charge is 0.303 e. The number of carboxylic acid groups (broad SMARTS) is 2. The highest BCUT2D eigenvalue weighted by Crippen LogP contribution is 1.86. The summed E-state index contributed by atoms with van der Waals surface area (Å²) in [6.45, 7) is 3.22. The molecule has 0 radical (unpaired) electrons. The number of hydrogen-bond acceptors (Lipinski definition) is 3. The summed E-state index contributed by atoms with van der Waals surface area (Å²) in [5, 5.41) is 18.2. The predicted octanol–water partition coefficient (Wildman–Crippen LogP) is -0.146. The van der Waals surface area contributed by atoms with E-state index in [1.165, 1.54) is 6.08 Å². The second-order valence-corrected chi connectivity index (χ2v) is 2.11. The summed E-state index contributed by atoms with van der Waals surface area (Å²) in [5.74, 6) is -2.30. The lowest BCUT2D eigenvalue weighted by Crippen LogP contribution is -2.13. The molecule has 0 aliphatic rings. The third-order valence-corrected chi connectivity index (χ3v) is 0.985. The van der Waals surface area contributed by atoms with Crippen molar-refractivity contribution >= 4 is 17.8 Å². The highest BCUT2D eigenvalue weighted by atomic mass is 16.4. The molecule has 0 rings (SSSR count). The molecule has 0 unspecified atom stereocenters. The van der Waals surface area contributed by atoms with Gasteiger partial charge in [0.25, 0.3) is 0 Å². The van der Waals surface area contributed by atoms with Gasteiger partial charge in [-0.3, -0.25) is 14.4 Å². The Morgan fingerprint density at radius 3 is 1.64 bits per heavy atom. The van der Waals surface area contributed by atoms with E-state index in [4.69, 9.17) is 10.2 Å². The van der Waals surface area contributed by atoms with Crippen molar-refractivity contribution in [1.82, 2.24) is 5.32 Å². The third-order valence-electron chi connectivity index (χ3n) is 0.985. The first-order valence-corrected chi connectivity index (χ1v) is 3.71. The molecule has 0 saturated heterocycles. The quantitative estimate of drug-likeness (QED) is 0.551. The van der Waals surface area contributed by atoms with Crippen LogP contribution < -0.4 is 5.32 Å². The van der Waals surface area contributed by atoms with Crippen LogP contribution in [0.25, 0.3) is 0 Å².